The van der Waals surface area contributed by atoms with Crippen molar-refractivity contribution in [2.24, 2.45) is 0 Å². The van der Waals surface area contributed by atoms with Gasteiger partial charge in [0.2, 0.25) is 0 Å². The largest absolute Gasteiger partial charge is 1.00 e. The molecule has 0 fully saturated rings. The summed E-state index contributed by atoms with van der Waals surface area (Å²) in [6.07, 6.45) is 5.44. The van der Waals surface area contributed by atoms with Crippen LogP contribution in [0.1, 0.15) is 39.5 Å². The molecule has 0 aliphatic rings. The predicted octanol–water partition coefficient (Wildman–Crippen LogP) is -1.97. The van der Waals surface area contributed by atoms with Crippen LogP contribution in [0.25, 0.3) is 0 Å². The van der Waals surface area contributed by atoms with Crippen LogP contribution in [0, 0.1) is 0 Å². The van der Waals surface area contributed by atoms with Crippen molar-refractivity contribution in [2.45, 2.75) is 51.6 Å². The maximum atomic E-state index is 2.34. The second-order valence-corrected chi connectivity index (χ2v) is 4.88. The number of nitrogens with one attached hydrogen (secondary N) is 1. The topological polar surface area (TPSA) is 7.68 Å². The molecule has 0 saturated heterocycles. The zero-order valence-corrected chi connectivity index (χ0v) is 12.9. The van der Waals surface area contributed by atoms with E-state index in [1.807, 2.05) is 0 Å². The first-order valence-corrected chi connectivity index (χ1v) is 5.97. The Morgan fingerprint density at radius 1 is 1.13 bits per heavy atom. The Morgan fingerprint density at radius 2 is 1.67 bits per heavy atom. The van der Waals surface area contributed by atoms with Crippen LogP contribution in [-0.4, -0.2) is 45.2 Å². The number of rotatable bonds is 7. The van der Waals surface area contributed by atoms with Crippen LogP contribution in [0.5, 0.6) is 0 Å². The summed E-state index contributed by atoms with van der Waals surface area (Å²) >= 11 is 0. The van der Waals surface area contributed by atoms with Gasteiger partial charge in [0.1, 0.15) is 6.04 Å². The molecule has 0 spiro atoms. The summed E-state index contributed by atoms with van der Waals surface area (Å²) in [6.45, 7) is 4.61. The molecule has 0 amide bonds. The van der Waals surface area contributed by atoms with Crippen molar-refractivity contribution in [3.05, 3.63) is 0 Å². The van der Waals surface area contributed by atoms with E-state index >= 15 is 0 Å². The quantitative estimate of drug-likeness (QED) is 0.532. The molecule has 0 aromatic carbocycles. The number of halogens is 1. The van der Waals surface area contributed by atoms with Gasteiger partial charge in [-0.2, -0.15) is 0 Å². The fraction of sp³-hybridized carbons (Fsp3) is 1.00. The van der Waals surface area contributed by atoms with Gasteiger partial charge in [-0.1, -0.05) is 19.8 Å². The maximum Gasteiger partial charge on any atom is 0.102 e. The summed E-state index contributed by atoms with van der Waals surface area (Å²) in [6, 6.07) is 1.45. The third-order valence-electron chi connectivity index (χ3n) is 3.26. The summed E-state index contributed by atoms with van der Waals surface area (Å²) in [5.74, 6) is 0. The van der Waals surface area contributed by atoms with Crippen molar-refractivity contribution in [1.82, 2.24) is 4.90 Å². The lowest BCUT2D eigenvalue weighted by atomic mass is 10.0. The van der Waals surface area contributed by atoms with Gasteiger partial charge in [-0.25, -0.2) is 0 Å². The summed E-state index contributed by atoms with van der Waals surface area (Å²) in [4.78, 5) is 3.92. The SMILES string of the molecule is CCCCCC(C(C)N(C)C)[NH+](C)C.[Br-]. The third-order valence-corrected chi connectivity index (χ3v) is 3.26. The number of nitrogens with zero attached hydrogens (tertiary/aromatic N) is 1. The average molecular weight is 281 g/mol. The minimum Gasteiger partial charge on any atom is -1.00 e. The van der Waals surface area contributed by atoms with E-state index in [-0.39, 0.29) is 17.0 Å². The van der Waals surface area contributed by atoms with Crippen molar-refractivity contribution >= 4 is 0 Å². The highest BCUT2D eigenvalue weighted by molar-refractivity contribution is 4.70. The second kappa shape index (κ2) is 9.61. The average Bonchev–Trinajstić information content (AvgIpc) is 2.10. The highest BCUT2D eigenvalue weighted by Gasteiger charge is 2.23. The lowest BCUT2D eigenvalue weighted by molar-refractivity contribution is -0.888. The first-order chi connectivity index (χ1) is 6.50. The van der Waals surface area contributed by atoms with Gasteiger partial charge in [0.25, 0.3) is 0 Å². The van der Waals surface area contributed by atoms with Gasteiger partial charge in [-0.05, 0) is 27.4 Å². The van der Waals surface area contributed by atoms with Gasteiger partial charge >= 0.3 is 0 Å². The Hall–Kier alpha value is 0.400. The zero-order valence-electron chi connectivity index (χ0n) is 11.3. The van der Waals surface area contributed by atoms with Gasteiger partial charge < -0.3 is 26.8 Å². The standard InChI is InChI=1S/C12H28N2.BrH/c1-7-8-9-10-12(14(5)6)11(2)13(3)4;/h11-12H,7-10H2,1-6H3;1H. The molecule has 0 radical (unpaired) electrons. The normalized spacial score (nSPS) is 15.2. The van der Waals surface area contributed by atoms with Crippen molar-refractivity contribution < 1.29 is 21.9 Å². The van der Waals surface area contributed by atoms with Crippen LogP contribution in [0.2, 0.25) is 0 Å². The smallest absolute Gasteiger partial charge is 0.102 e. The molecule has 0 rings (SSSR count). The Kier molecular flexibility index (Phi) is 11.4. The molecule has 0 saturated carbocycles. The number of hydrogen-bond acceptors (Lipinski definition) is 1. The fourth-order valence-corrected chi connectivity index (χ4v) is 1.99. The minimum atomic E-state index is 0. The van der Waals surface area contributed by atoms with Crippen molar-refractivity contribution in [2.75, 3.05) is 28.2 Å². The number of quaternary nitrogens is 1. The van der Waals surface area contributed by atoms with Gasteiger partial charge in [0.05, 0.1) is 20.1 Å². The Balaban J connectivity index is 0. The van der Waals surface area contributed by atoms with Gasteiger partial charge in [-0.3, -0.25) is 0 Å². The molecule has 0 aromatic rings. The van der Waals surface area contributed by atoms with Crippen molar-refractivity contribution in [3.8, 4) is 0 Å². The summed E-state index contributed by atoms with van der Waals surface area (Å²) in [7, 11) is 8.91. The third kappa shape index (κ3) is 7.31. The van der Waals surface area contributed by atoms with E-state index in [0.29, 0.717) is 6.04 Å². The van der Waals surface area contributed by atoms with E-state index in [0.717, 1.165) is 6.04 Å². The van der Waals surface area contributed by atoms with Gasteiger partial charge in [0, 0.05) is 6.42 Å². The molecule has 0 aliphatic heterocycles. The molecule has 2 nitrogen and oxygen atoms in total. The molecule has 15 heavy (non-hydrogen) atoms. The molecule has 1 N–H and O–H groups in total. The van der Waals surface area contributed by atoms with Crippen LogP contribution >= 0.6 is 0 Å². The van der Waals surface area contributed by atoms with E-state index < -0.39 is 0 Å². The predicted molar refractivity (Wildman–Crippen MR) is 63.9 cm³/mol. The van der Waals surface area contributed by atoms with Crippen molar-refractivity contribution in [1.29, 1.82) is 0 Å². The lowest BCUT2D eigenvalue weighted by Gasteiger charge is -2.31. The molecule has 0 heterocycles. The first kappa shape index (κ1) is 17.8. The lowest BCUT2D eigenvalue weighted by Crippen LogP contribution is -3.11. The molecular formula is C12H29BrN2. The summed E-state index contributed by atoms with van der Waals surface area (Å²) < 4.78 is 0. The molecule has 0 aromatic heterocycles. The number of hydrogen-bond donors (Lipinski definition) is 1. The highest BCUT2D eigenvalue weighted by Crippen LogP contribution is 2.07. The Labute approximate surface area is 107 Å². The molecule has 2 atom stereocenters. The van der Waals surface area contributed by atoms with E-state index in [9.17, 15) is 0 Å². The van der Waals surface area contributed by atoms with Crippen LogP contribution in [0.3, 0.4) is 0 Å². The van der Waals surface area contributed by atoms with E-state index in [2.05, 4.69) is 46.9 Å². The summed E-state index contributed by atoms with van der Waals surface area (Å²) in [5.41, 5.74) is 0. The fourth-order valence-electron chi connectivity index (χ4n) is 1.99. The Morgan fingerprint density at radius 3 is 2.00 bits per heavy atom. The first-order valence-electron chi connectivity index (χ1n) is 5.97. The van der Waals surface area contributed by atoms with Crippen molar-refractivity contribution in [3.63, 3.8) is 0 Å². The van der Waals surface area contributed by atoms with E-state index in [1.54, 1.807) is 4.90 Å². The van der Waals surface area contributed by atoms with Crippen LogP contribution in [0.4, 0.5) is 0 Å². The monoisotopic (exact) mass is 280 g/mol. The van der Waals surface area contributed by atoms with Gasteiger partial charge in [-0.15, -0.1) is 0 Å². The number of unbranched alkanes of at least 4 members (excludes halogenated alkanes) is 2. The van der Waals surface area contributed by atoms with E-state index in [4.69, 9.17) is 0 Å². The molecule has 94 valence electrons. The number of likely N-dealkylation sites (N-methyl/N-ethyl adjacent to an activating group) is 2. The molecule has 2 unspecified atom stereocenters. The molecule has 0 bridgehead atoms. The van der Waals surface area contributed by atoms with Gasteiger partial charge in [0.15, 0.2) is 0 Å². The van der Waals surface area contributed by atoms with E-state index in [1.165, 1.54) is 25.7 Å². The summed E-state index contributed by atoms with van der Waals surface area (Å²) in [5, 5.41) is 0. The second-order valence-electron chi connectivity index (χ2n) is 4.88. The van der Waals surface area contributed by atoms with Crippen LogP contribution in [-0.2, 0) is 0 Å². The molecular weight excluding hydrogens is 252 g/mol. The minimum absolute atomic E-state index is 0. The molecule has 0 aliphatic carbocycles. The Bertz CT molecular complexity index is 138. The zero-order chi connectivity index (χ0) is 11.1. The van der Waals surface area contributed by atoms with Crippen LogP contribution in [0.15, 0.2) is 0 Å². The highest BCUT2D eigenvalue weighted by atomic mass is 79.9. The molecule has 3 heteroatoms. The van der Waals surface area contributed by atoms with Crippen LogP contribution < -0.4 is 21.9 Å². The maximum absolute atomic E-state index is 2.34.